The Morgan fingerprint density at radius 2 is 1.81 bits per heavy atom. The van der Waals surface area contributed by atoms with E-state index in [9.17, 15) is 9.59 Å². The first kappa shape index (κ1) is 21.9. The molecule has 0 radical (unpaired) electrons. The Bertz CT molecular complexity index is 705. The number of nitrogens with zero attached hydrogens (tertiary/aromatic N) is 1. The van der Waals surface area contributed by atoms with Crippen molar-refractivity contribution in [1.82, 2.24) is 10.3 Å². The normalized spacial score (nSPS) is 15.8. The zero-order valence-corrected chi connectivity index (χ0v) is 15.7. The van der Waals surface area contributed by atoms with Crippen LogP contribution in [0.4, 0.5) is 11.5 Å². The van der Waals surface area contributed by atoms with E-state index in [0.717, 1.165) is 19.4 Å². The fourth-order valence-corrected chi connectivity index (χ4v) is 2.64. The number of carbonyl (C=O) groups is 2. The molecule has 26 heavy (non-hydrogen) atoms. The second-order valence-corrected chi connectivity index (χ2v) is 5.78. The predicted octanol–water partition coefficient (Wildman–Crippen LogP) is 3.12. The van der Waals surface area contributed by atoms with Gasteiger partial charge < -0.3 is 16.0 Å². The zero-order chi connectivity index (χ0) is 16.8. The van der Waals surface area contributed by atoms with Gasteiger partial charge in [0, 0.05) is 12.1 Å². The number of halogens is 2. The van der Waals surface area contributed by atoms with E-state index in [1.807, 2.05) is 6.07 Å². The number of anilines is 2. The summed E-state index contributed by atoms with van der Waals surface area (Å²) in [6, 6.07) is 12.4. The van der Waals surface area contributed by atoms with Crippen LogP contribution in [0.1, 0.15) is 23.2 Å². The maximum atomic E-state index is 12.2. The lowest BCUT2D eigenvalue weighted by Gasteiger charge is -2.21. The molecular formula is C18H22Cl2N4O2. The standard InChI is InChI=1S/C18H20N4O2.2ClH/c23-17(13-5-2-1-3-6-13)22-16-9-8-15(12-20-16)21-18(24)14-7-4-10-19-11-14;;/h1-3,5-6,8-9,12,14,19H,4,7,10-11H2,(H,21,24)(H,20,22,23);2*1H. The van der Waals surface area contributed by atoms with Gasteiger partial charge in [-0.15, -0.1) is 24.8 Å². The highest BCUT2D eigenvalue weighted by molar-refractivity contribution is 6.03. The summed E-state index contributed by atoms with van der Waals surface area (Å²) in [6.45, 7) is 1.69. The smallest absolute Gasteiger partial charge is 0.256 e. The molecule has 140 valence electrons. The Morgan fingerprint density at radius 1 is 1.04 bits per heavy atom. The minimum atomic E-state index is -0.215. The van der Waals surface area contributed by atoms with Gasteiger partial charge in [-0.1, -0.05) is 18.2 Å². The summed E-state index contributed by atoms with van der Waals surface area (Å²) < 4.78 is 0. The van der Waals surface area contributed by atoms with Gasteiger partial charge in [-0.2, -0.15) is 0 Å². The molecule has 1 saturated heterocycles. The minimum absolute atomic E-state index is 0. The maximum Gasteiger partial charge on any atom is 0.256 e. The third-order valence-corrected chi connectivity index (χ3v) is 3.98. The molecule has 8 heteroatoms. The summed E-state index contributed by atoms with van der Waals surface area (Å²) in [7, 11) is 0. The Balaban J connectivity index is 0.00000169. The van der Waals surface area contributed by atoms with Crippen LogP contribution in [0.2, 0.25) is 0 Å². The van der Waals surface area contributed by atoms with E-state index >= 15 is 0 Å². The minimum Gasteiger partial charge on any atom is -0.324 e. The molecule has 1 aliphatic rings. The average molecular weight is 397 g/mol. The summed E-state index contributed by atoms with van der Waals surface area (Å²) in [5, 5.41) is 8.82. The number of hydrogen-bond donors (Lipinski definition) is 3. The summed E-state index contributed by atoms with van der Waals surface area (Å²) >= 11 is 0. The predicted molar refractivity (Wildman–Crippen MR) is 107 cm³/mol. The van der Waals surface area contributed by atoms with E-state index in [1.165, 1.54) is 0 Å². The molecule has 6 nitrogen and oxygen atoms in total. The second kappa shape index (κ2) is 10.8. The molecule has 1 aromatic carbocycles. The number of hydrogen-bond acceptors (Lipinski definition) is 4. The fourth-order valence-electron chi connectivity index (χ4n) is 2.64. The Kier molecular flexibility index (Phi) is 9.05. The fraction of sp³-hybridized carbons (Fsp3) is 0.278. The van der Waals surface area contributed by atoms with Crippen LogP contribution in [0.5, 0.6) is 0 Å². The number of piperidine rings is 1. The van der Waals surface area contributed by atoms with Crippen LogP contribution in [0, 0.1) is 5.92 Å². The number of aromatic nitrogens is 1. The highest BCUT2D eigenvalue weighted by atomic mass is 35.5. The van der Waals surface area contributed by atoms with Crippen molar-refractivity contribution >= 4 is 48.1 Å². The number of benzene rings is 1. The molecular weight excluding hydrogens is 375 g/mol. The first-order chi connectivity index (χ1) is 11.7. The van der Waals surface area contributed by atoms with Crippen molar-refractivity contribution in [3.05, 3.63) is 54.2 Å². The van der Waals surface area contributed by atoms with Gasteiger partial charge in [0.1, 0.15) is 5.82 Å². The summed E-state index contributed by atoms with van der Waals surface area (Å²) in [6.07, 6.45) is 3.47. The quantitative estimate of drug-likeness (QED) is 0.741. The third kappa shape index (κ3) is 5.98. The lowest BCUT2D eigenvalue weighted by Crippen LogP contribution is -2.37. The van der Waals surface area contributed by atoms with Gasteiger partial charge in [0.2, 0.25) is 5.91 Å². The van der Waals surface area contributed by atoms with Crippen LogP contribution in [-0.4, -0.2) is 29.9 Å². The zero-order valence-electron chi connectivity index (χ0n) is 14.1. The molecule has 0 aliphatic carbocycles. The molecule has 3 rings (SSSR count). The Hall–Kier alpha value is -2.15. The Labute approximate surface area is 165 Å². The van der Waals surface area contributed by atoms with Crippen LogP contribution in [0.25, 0.3) is 0 Å². The Morgan fingerprint density at radius 3 is 2.42 bits per heavy atom. The number of carbonyl (C=O) groups excluding carboxylic acids is 2. The lowest BCUT2D eigenvalue weighted by molar-refractivity contribution is -0.120. The van der Waals surface area contributed by atoms with Crippen molar-refractivity contribution in [1.29, 1.82) is 0 Å². The molecule has 1 atom stereocenters. The van der Waals surface area contributed by atoms with Crippen molar-refractivity contribution in [3.8, 4) is 0 Å². The van der Waals surface area contributed by atoms with Crippen molar-refractivity contribution in [2.75, 3.05) is 23.7 Å². The highest BCUT2D eigenvalue weighted by Crippen LogP contribution is 2.15. The molecule has 0 spiro atoms. The molecule has 2 amide bonds. The van der Waals surface area contributed by atoms with E-state index in [2.05, 4.69) is 20.9 Å². The van der Waals surface area contributed by atoms with Crippen LogP contribution in [0.15, 0.2) is 48.7 Å². The molecule has 1 fully saturated rings. The number of nitrogens with one attached hydrogen (secondary N) is 3. The van der Waals surface area contributed by atoms with Gasteiger partial charge in [-0.25, -0.2) is 4.98 Å². The van der Waals surface area contributed by atoms with Gasteiger partial charge in [-0.3, -0.25) is 9.59 Å². The monoisotopic (exact) mass is 396 g/mol. The average Bonchev–Trinajstić information content (AvgIpc) is 2.65. The number of amides is 2. The van der Waals surface area contributed by atoms with E-state index in [0.29, 0.717) is 23.6 Å². The summed E-state index contributed by atoms with van der Waals surface area (Å²) in [5.74, 6) is 0.232. The van der Waals surface area contributed by atoms with Crippen LogP contribution >= 0.6 is 24.8 Å². The van der Waals surface area contributed by atoms with E-state index in [-0.39, 0.29) is 42.5 Å². The van der Waals surface area contributed by atoms with Crippen molar-refractivity contribution in [2.24, 2.45) is 5.92 Å². The van der Waals surface area contributed by atoms with Gasteiger partial charge in [0.25, 0.3) is 5.91 Å². The maximum absolute atomic E-state index is 12.2. The highest BCUT2D eigenvalue weighted by Gasteiger charge is 2.20. The van der Waals surface area contributed by atoms with Crippen LogP contribution in [-0.2, 0) is 4.79 Å². The van der Waals surface area contributed by atoms with Gasteiger partial charge >= 0.3 is 0 Å². The topological polar surface area (TPSA) is 83.1 Å². The molecule has 0 bridgehead atoms. The molecule has 2 aromatic rings. The summed E-state index contributed by atoms with van der Waals surface area (Å²) in [4.78, 5) is 28.4. The first-order valence-corrected chi connectivity index (χ1v) is 8.06. The van der Waals surface area contributed by atoms with Gasteiger partial charge in [0.05, 0.1) is 17.8 Å². The SMILES string of the molecule is Cl.Cl.O=C(Nc1ccc(NC(=O)C2CCCNC2)cn1)c1ccccc1. The molecule has 1 aliphatic heterocycles. The molecule has 3 N–H and O–H groups in total. The third-order valence-electron chi connectivity index (χ3n) is 3.98. The number of pyridine rings is 1. The van der Waals surface area contributed by atoms with E-state index in [4.69, 9.17) is 0 Å². The largest absolute Gasteiger partial charge is 0.324 e. The van der Waals surface area contributed by atoms with Crippen molar-refractivity contribution in [3.63, 3.8) is 0 Å². The molecule has 1 aromatic heterocycles. The first-order valence-electron chi connectivity index (χ1n) is 8.06. The molecule has 1 unspecified atom stereocenters. The van der Waals surface area contributed by atoms with E-state index in [1.54, 1.807) is 42.6 Å². The second-order valence-electron chi connectivity index (χ2n) is 5.78. The van der Waals surface area contributed by atoms with Crippen LogP contribution < -0.4 is 16.0 Å². The van der Waals surface area contributed by atoms with Crippen LogP contribution in [0.3, 0.4) is 0 Å². The molecule has 0 saturated carbocycles. The van der Waals surface area contributed by atoms with Gasteiger partial charge in [0.15, 0.2) is 0 Å². The van der Waals surface area contributed by atoms with E-state index < -0.39 is 0 Å². The van der Waals surface area contributed by atoms with Gasteiger partial charge in [-0.05, 0) is 43.7 Å². The molecule has 2 heterocycles. The lowest BCUT2D eigenvalue weighted by atomic mass is 9.99. The van der Waals surface area contributed by atoms with Crippen molar-refractivity contribution < 1.29 is 9.59 Å². The number of rotatable bonds is 4. The summed E-state index contributed by atoms with van der Waals surface area (Å²) in [5.41, 5.74) is 1.20. The van der Waals surface area contributed by atoms with Crippen molar-refractivity contribution in [2.45, 2.75) is 12.8 Å².